The van der Waals surface area contributed by atoms with Crippen LogP contribution in [-0.2, 0) is 5.33 Å². The van der Waals surface area contributed by atoms with Crippen LogP contribution in [0, 0.1) is 0 Å². The number of anilines is 1. The van der Waals surface area contributed by atoms with E-state index in [0.717, 1.165) is 11.3 Å². The summed E-state index contributed by atoms with van der Waals surface area (Å²) in [7, 11) is 0. The fourth-order valence-corrected chi connectivity index (χ4v) is 2.27. The molecule has 1 amide bonds. The van der Waals surface area contributed by atoms with Crippen molar-refractivity contribution in [2.75, 3.05) is 11.9 Å². The number of aromatic nitrogens is 1. The van der Waals surface area contributed by atoms with Crippen LogP contribution in [0.15, 0.2) is 36.7 Å². The molecule has 1 aromatic carbocycles. The number of nitrogens with one attached hydrogen (secondary N) is 1. The van der Waals surface area contributed by atoms with E-state index in [1.165, 1.54) is 18.5 Å². The van der Waals surface area contributed by atoms with Crippen LogP contribution in [0.5, 0.6) is 11.5 Å². The zero-order valence-corrected chi connectivity index (χ0v) is 13.1. The molecule has 0 radical (unpaired) electrons. The number of rotatable bonds is 5. The van der Waals surface area contributed by atoms with E-state index >= 15 is 0 Å². The van der Waals surface area contributed by atoms with Crippen LogP contribution in [0.25, 0.3) is 0 Å². The number of pyridine rings is 1. The number of benzene rings is 1. The highest BCUT2D eigenvalue weighted by Crippen LogP contribution is 2.26. The molecule has 110 valence electrons. The van der Waals surface area contributed by atoms with Crippen molar-refractivity contribution in [2.45, 2.75) is 12.3 Å². The number of carbonyl (C=O) groups excluding carboxylic acids is 1. The first-order valence-electron chi connectivity index (χ1n) is 6.41. The first-order valence-corrected chi connectivity index (χ1v) is 7.54. The van der Waals surface area contributed by atoms with Crippen molar-refractivity contribution in [3.05, 3.63) is 47.8 Å². The lowest BCUT2D eigenvalue weighted by atomic mass is 10.2. The van der Waals surface area contributed by atoms with E-state index in [2.05, 4.69) is 26.2 Å². The summed E-state index contributed by atoms with van der Waals surface area (Å²) in [5, 5.41) is 13.0. The zero-order chi connectivity index (χ0) is 15.2. The smallest absolute Gasteiger partial charge is 0.259 e. The van der Waals surface area contributed by atoms with Crippen molar-refractivity contribution in [3.63, 3.8) is 0 Å². The Labute approximate surface area is 131 Å². The lowest BCUT2D eigenvalue weighted by Gasteiger charge is -2.11. The van der Waals surface area contributed by atoms with Crippen molar-refractivity contribution in [1.29, 1.82) is 0 Å². The maximum atomic E-state index is 12.1. The molecule has 0 atom stereocenters. The first-order chi connectivity index (χ1) is 10.2. The minimum Gasteiger partial charge on any atom is -0.505 e. The van der Waals surface area contributed by atoms with Gasteiger partial charge in [0.2, 0.25) is 0 Å². The second kappa shape index (κ2) is 7.08. The van der Waals surface area contributed by atoms with E-state index in [4.69, 9.17) is 4.74 Å². The summed E-state index contributed by atoms with van der Waals surface area (Å²) in [6.45, 7) is 2.50. The number of alkyl halides is 1. The Hall–Kier alpha value is -2.08. The lowest BCUT2D eigenvalue weighted by molar-refractivity contribution is 0.102. The third kappa shape index (κ3) is 3.72. The fraction of sp³-hybridized carbons (Fsp3) is 0.200. The maximum absolute atomic E-state index is 12.1. The van der Waals surface area contributed by atoms with E-state index in [9.17, 15) is 9.90 Å². The molecule has 6 heteroatoms. The van der Waals surface area contributed by atoms with Gasteiger partial charge in [-0.15, -0.1) is 0 Å². The van der Waals surface area contributed by atoms with E-state index < -0.39 is 0 Å². The van der Waals surface area contributed by atoms with Gasteiger partial charge in [-0.25, -0.2) is 0 Å². The molecule has 2 N–H and O–H groups in total. The van der Waals surface area contributed by atoms with Crippen LogP contribution in [0.3, 0.4) is 0 Å². The normalized spacial score (nSPS) is 10.2. The largest absolute Gasteiger partial charge is 0.505 e. The number of hydrogen-bond donors (Lipinski definition) is 2. The molecular formula is C15H15BrN2O3. The molecule has 2 rings (SSSR count). The number of ether oxygens (including phenoxy) is 1. The van der Waals surface area contributed by atoms with Gasteiger partial charge in [-0.1, -0.05) is 15.9 Å². The van der Waals surface area contributed by atoms with Gasteiger partial charge in [-0.3, -0.25) is 9.78 Å². The number of amides is 1. The van der Waals surface area contributed by atoms with Crippen LogP contribution in [-0.4, -0.2) is 22.6 Å². The van der Waals surface area contributed by atoms with Crippen molar-refractivity contribution in [3.8, 4) is 11.5 Å². The Morgan fingerprint density at radius 3 is 2.90 bits per heavy atom. The van der Waals surface area contributed by atoms with E-state index in [1.807, 2.05) is 19.1 Å². The zero-order valence-electron chi connectivity index (χ0n) is 11.5. The monoisotopic (exact) mass is 350 g/mol. The first kappa shape index (κ1) is 15.3. The SMILES string of the molecule is CCOc1ccc(NC(=O)c2ccncc2O)cc1CBr. The third-order valence-electron chi connectivity index (χ3n) is 2.81. The molecule has 21 heavy (non-hydrogen) atoms. The molecule has 0 aliphatic heterocycles. The molecule has 0 aliphatic rings. The van der Waals surface area contributed by atoms with Gasteiger partial charge in [0, 0.05) is 22.8 Å². The molecule has 0 unspecified atom stereocenters. The van der Waals surface area contributed by atoms with Crippen LogP contribution < -0.4 is 10.1 Å². The van der Waals surface area contributed by atoms with E-state index in [1.54, 1.807) is 6.07 Å². The Balaban J connectivity index is 2.20. The number of halogens is 1. The summed E-state index contributed by atoms with van der Waals surface area (Å²) in [5.74, 6) is 0.236. The predicted molar refractivity (Wildman–Crippen MR) is 84.1 cm³/mol. The van der Waals surface area contributed by atoms with Gasteiger partial charge in [0.1, 0.15) is 11.5 Å². The molecule has 0 saturated heterocycles. The average molecular weight is 351 g/mol. The highest BCUT2D eigenvalue weighted by molar-refractivity contribution is 9.08. The van der Waals surface area contributed by atoms with Crippen molar-refractivity contribution in [2.24, 2.45) is 0 Å². The molecule has 0 aliphatic carbocycles. The molecule has 5 nitrogen and oxygen atoms in total. The van der Waals surface area contributed by atoms with Gasteiger partial charge in [-0.05, 0) is 31.2 Å². The number of aromatic hydroxyl groups is 1. The number of carbonyl (C=O) groups is 1. The number of nitrogens with zero attached hydrogens (tertiary/aromatic N) is 1. The molecule has 0 spiro atoms. The quantitative estimate of drug-likeness (QED) is 0.811. The summed E-state index contributed by atoms with van der Waals surface area (Å²) >= 11 is 3.39. The summed E-state index contributed by atoms with van der Waals surface area (Å²) in [6.07, 6.45) is 2.69. The van der Waals surface area contributed by atoms with Crippen LogP contribution >= 0.6 is 15.9 Å². The molecular weight excluding hydrogens is 336 g/mol. The van der Waals surface area contributed by atoms with Crippen LogP contribution in [0.4, 0.5) is 5.69 Å². The molecule has 1 aromatic heterocycles. The van der Waals surface area contributed by atoms with Crippen molar-refractivity contribution in [1.82, 2.24) is 4.98 Å². The fourth-order valence-electron chi connectivity index (χ4n) is 1.83. The molecule has 1 heterocycles. The number of hydrogen-bond acceptors (Lipinski definition) is 4. The second-order valence-corrected chi connectivity index (χ2v) is 4.80. The molecule has 0 fully saturated rings. The van der Waals surface area contributed by atoms with Gasteiger partial charge in [0.15, 0.2) is 0 Å². The van der Waals surface area contributed by atoms with Crippen LogP contribution in [0.2, 0.25) is 0 Å². The lowest BCUT2D eigenvalue weighted by Crippen LogP contribution is -2.12. The third-order valence-corrected chi connectivity index (χ3v) is 3.41. The average Bonchev–Trinajstić information content (AvgIpc) is 2.49. The summed E-state index contributed by atoms with van der Waals surface area (Å²) in [4.78, 5) is 15.8. The Morgan fingerprint density at radius 1 is 1.43 bits per heavy atom. The van der Waals surface area contributed by atoms with Crippen LogP contribution in [0.1, 0.15) is 22.8 Å². The van der Waals surface area contributed by atoms with Crippen molar-refractivity contribution >= 4 is 27.5 Å². The molecule has 2 aromatic rings. The highest BCUT2D eigenvalue weighted by Gasteiger charge is 2.12. The van der Waals surface area contributed by atoms with Gasteiger partial charge in [0.25, 0.3) is 5.91 Å². The summed E-state index contributed by atoms with van der Waals surface area (Å²) in [6, 6.07) is 6.86. The standard InChI is InChI=1S/C15H15BrN2O3/c1-2-21-14-4-3-11(7-10(14)8-16)18-15(20)12-5-6-17-9-13(12)19/h3-7,9,19H,2,8H2,1H3,(H,18,20). The highest BCUT2D eigenvalue weighted by atomic mass is 79.9. The minimum atomic E-state index is -0.389. The molecule has 0 saturated carbocycles. The molecule has 0 bridgehead atoms. The Bertz CT molecular complexity index is 647. The Kier molecular flexibility index (Phi) is 5.16. The predicted octanol–water partition coefficient (Wildman–Crippen LogP) is 3.33. The van der Waals surface area contributed by atoms with Gasteiger partial charge in [0.05, 0.1) is 18.4 Å². The summed E-state index contributed by atoms with van der Waals surface area (Å²) < 4.78 is 5.50. The Morgan fingerprint density at radius 2 is 2.24 bits per heavy atom. The maximum Gasteiger partial charge on any atom is 0.259 e. The van der Waals surface area contributed by atoms with Gasteiger partial charge < -0.3 is 15.2 Å². The van der Waals surface area contributed by atoms with E-state index in [-0.39, 0.29) is 17.2 Å². The minimum absolute atomic E-state index is 0.151. The summed E-state index contributed by atoms with van der Waals surface area (Å²) in [5.41, 5.74) is 1.75. The topological polar surface area (TPSA) is 71.5 Å². The van der Waals surface area contributed by atoms with Gasteiger partial charge in [-0.2, -0.15) is 0 Å². The van der Waals surface area contributed by atoms with Crippen molar-refractivity contribution < 1.29 is 14.6 Å². The van der Waals surface area contributed by atoms with E-state index in [0.29, 0.717) is 17.6 Å². The van der Waals surface area contributed by atoms with Gasteiger partial charge >= 0.3 is 0 Å². The second-order valence-electron chi connectivity index (χ2n) is 4.24.